The highest BCUT2D eigenvalue weighted by molar-refractivity contribution is 7.89. The Balaban J connectivity index is 2.34. The Hall–Kier alpha value is -2.25. The third-order valence-electron chi connectivity index (χ3n) is 3.54. The maximum atomic E-state index is 12.7. The molecule has 116 valence electrons. The third kappa shape index (κ3) is 3.32. The van der Waals surface area contributed by atoms with Gasteiger partial charge >= 0.3 is 0 Å². The van der Waals surface area contributed by atoms with Crippen LogP contribution in [0.1, 0.15) is 12.0 Å². The van der Waals surface area contributed by atoms with Crippen molar-refractivity contribution in [1.82, 2.24) is 4.31 Å². The summed E-state index contributed by atoms with van der Waals surface area (Å²) in [7, 11) is -3.72. The van der Waals surface area contributed by atoms with E-state index in [0.717, 1.165) is 5.56 Å². The summed E-state index contributed by atoms with van der Waals surface area (Å²) in [6, 6.07) is 5.56. The standard InChI is InChI=1S/C12H15N7O2S/c1-9-2-4-12(5-3-9)22(20,21)19-8-10(16-18-14)6-11(19)7-15-17-13/h2-5,10-11H,6-8H2,1H3. The van der Waals surface area contributed by atoms with Gasteiger partial charge in [-0.15, -0.1) is 0 Å². The van der Waals surface area contributed by atoms with Crippen molar-refractivity contribution in [3.8, 4) is 0 Å². The zero-order valence-electron chi connectivity index (χ0n) is 11.9. The van der Waals surface area contributed by atoms with Crippen molar-refractivity contribution in [3.05, 3.63) is 50.7 Å². The van der Waals surface area contributed by atoms with Crippen molar-refractivity contribution >= 4 is 10.0 Å². The second-order valence-electron chi connectivity index (χ2n) is 5.05. The van der Waals surface area contributed by atoms with Crippen LogP contribution in [0.25, 0.3) is 20.9 Å². The molecular formula is C12H15N7O2S. The topological polar surface area (TPSA) is 135 Å². The Morgan fingerprint density at radius 1 is 1.27 bits per heavy atom. The van der Waals surface area contributed by atoms with Crippen LogP contribution >= 0.6 is 0 Å². The number of benzene rings is 1. The summed E-state index contributed by atoms with van der Waals surface area (Å²) in [6.07, 6.45) is 0.341. The van der Waals surface area contributed by atoms with Gasteiger partial charge in [0.15, 0.2) is 0 Å². The van der Waals surface area contributed by atoms with Gasteiger partial charge in [0.05, 0.1) is 10.9 Å². The molecule has 0 spiro atoms. The summed E-state index contributed by atoms with van der Waals surface area (Å²) in [5.41, 5.74) is 17.9. The molecule has 22 heavy (non-hydrogen) atoms. The summed E-state index contributed by atoms with van der Waals surface area (Å²) in [4.78, 5) is 5.58. The molecular weight excluding hydrogens is 306 g/mol. The van der Waals surface area contributed by atoms with Gasteiger partial charge in [-0.1, -0.05) is 27.9 Å². The van der Waals surface area contributed by atoms with Crippen LogP contribution in [-0.2, 0) is 10.0 Å². The quantitative estimate of drug-likeness (QED) is 0.468. The zero-order chi connectivity index (χ0) is 16.2. The van der Waals surface area contributed by atoms with E-state index in [2.05, 4.69) is 20.1 Å². The predicted molar refractivity (Wildman–Crippen MR) is 80.4 cm³/mol. The van der Waals surface area contributed by atoms with Crippen molar-refractivity contribution < 1.29 is 8.42 Å². The molecule has 1 aromatic carbocycles. The summed E-state index contributed by atoms with van der Waals surface area (Å²) in [6.45, 7) is 1.97. The highest BCUT2D eigenvalue weighted by Crippen LogP contribution is 2.28. The maximum Gasteiger partial charge on any atom is 0.243 e. The summed E-state index contributed by atoms with van der Waals surface area (Å²) in [5.74, 6) is 0. The first kappa shape index (κ1) is 16.1. The number of hydrogen-bond acceptors (Lipinski definition) is 4. The predicted octanol–water partition coefficient (Wildman–Crippen LogP) is 2.75. The molecule has 0 aromatic heterocycles. The minimum absolute atomic E-state index is 0.0129. The van der Waals surface area contributed by atoms with E-state index in [1.165, 1.54) is 16.4 Å². The van der Waals surface area contributed by atoms with Gasteiger partial charge in [0, 0.05) is 29.0 Å². The van der Waals surface area contributed by atoms with Crippen LogP contribution in [0.5, 0.6) is 0 Å². The van der Waals surface area contributed by atoms with Gasteiger partial charge in [0.25, 0.3) is 0 Å². The molecule has 0 amide bonds. The van der Waals surface area contributed by atoms with Gasteiger partial charge < -0.3 is 0 Å². The normalized spacial score (nSPS) is 21.9. The molecule has 0 N–H and O–H groups in total. The van der Waals surface area contributed by atoms with E-state index >= 15 is 0 Å². The van der Waals surface area contributed by atoms with Gasteiger partial charge in [-0.3, -0.25) is 0 Å². The summed E-state index contributed by atoms with van der Waals surface area (Å²) >= 11 is 0. The third-order valence-corrected chi connectivity index (χ3v) is 5.47. The summed E-state index contributed by atoms with van der Waals surface area (Å²) in [5, 5.41) is 7.05. The number of rotatable bonds is 5. The van der Waals surface area contributed by atoms with Gasteiger partial charge in [0.1, 0.15) is 0 Å². The van der Waals surface area contributed by atoms with Gasteiger partial charge in [-0.2, -0.15) is 4.31 Å². The molecule has 1 aromatic rings. The molecule has 1 aliphatic rings. The molecule has 9 nitrogen and oxygen atoms in total. The van der Waals surface area contributed by atoms with Crippen LogP contribution < -0.4 is 0 Å². The fraction of sp³-hybridized carbons (Fsp3) is 0.500. The number of hydrogen-bond donors (Lipinski definition) is 0. The van der Waals surface area contributed by atoms with Gasteiger partial charge in [-0.05, 0) is 36.5 Å². The molecule has 2 rings (SSSR count). The number of nitrogens with zero attached hydrogens (tertiary/aromatic N) is 7. The van der Waals surface area contributed by atoms with Gasteiger partial charge in [0.2, 0.25) is 10.0 Å². The van der Waals surface area contributed by atoms with Crippen molar-refractivity contribution in [2.45, 2.75) is 30.3 Å². The van der Waals surface area contributed by atoms with E-state index in [-0.39, 0.29) is 18.0 Å². The molecule has 0 bridgehead atoms. The second-order valence-corrected chi connectivity index (χ2v) is 6.94. The first-order valence-electron chi connectivity index (χ1n) is 6.62. The van der Waals surface area contributed by atoms with E-state index in [4.69, 9.17) is 11.1 Å². The van der Waals surface area contributed by atoms with Crippen LogP contribution in [0.3, 0.4) is 0 Å². The highest BCUT2D eigenvalue weighted by atomic mass is 32.2. The molecule has 0 saturated carbocycles. The van der Waals surface area contributed by atoms with Crippen molar-refractivity contribution in [1.29, 1.82) is 0 Å². The molecule has 2 atom stereocenters. The Bertz CT molecular complexity index is 733. The van der Waals surface area contributed by atoms with Crippen molar-refractivity contribution in [2.75, 3.05) is 13.1 Å². The van der Waals surface area contributed by atoms with E-state index in [1.807, 2.05) is 6.92 Å². The molecule has 10 heteroatoms. The molecule has 2 unspecified atom stereocenters. The molecule has 0 aliphatic carbocycles. The molecule has 1 heterocycles. The minimum Gasteiger partial charge on any atom is -0.207 e. The lowest BCUT2D eigenvalue weighted by molar-refractivity contribution is 0.392. The maximum absolute atomic E-state index is 12.7. The SMILES string of the molecule is Cc1ccc(S(=O)(=O)N2CC(N=[N+]=[N-])CC2CN=[N+]=[N-])cc1. The molecule has 1 aliphatic heterocycles. The lowest BCUT2D eigenvalue weighted by Crippen LogP contribution is -2.37. The number of azide groups is 2. The van der Waals surface area contributed by atoms with E-state index < -0.39 is 22.1 Å². The number of aryl methyl sites for hydroxylation is 1. The molecule has 0 radical (unpaired) electrons. The average molecular weight is 321 g/mol. The Morgan fingerprint density at radius 2 is 1.95 bits per heavy atom. The fourth-order valence-electron chi connectivity index (χ4n) is 2.46. The molecule has 1 fully saturated rings. The fourth-order valence-corrected chi connectivity index (χ4v) is 4.12. The smallest absolute Gasteiger partial charge is 0.207 e. The van der Waals surface area contributed by atoms with E-state index in [0.29, 0.717) is 6.42 Å². The summed E-state index contributed by atoms with van der Waals surface area (Å²) < 4.78 is 26.7. The Kier molecular flexibility index (Phi) is 4.89. The zero-order valence-corrected chi connectivity index (χ0v) is 12.8. The minimum atomic E-state index is -3.72. The monoisotopic (exact) mass is 321 g/mol. The van der Waals surface area contributed by atoms with Crippen LogP contribution in [-0.4, -0.2) is 37.9 Å². The largest absolute Gasteiger partial charge is 0.243 e. The lowest BCUT2D eigenvalue weighted by atomic mass is 10.2. The Morgan fingerprint density at radius 3 is 2.55 bits per heavy atom. The highest BCUT2D eigenvalue weighted by Gasteiger charge is 2.39. The lowest BCUT2D eigenvalue weighted by Gasteiger charge is -2.22. The second kappa shape index (κ2) is 6.67. The van der Waals surface area contributed by atoms with Crippen molar-refractivity contribution in [2.24, 2.45) is 10.2 Å². The van der Waals surface area contributed by atoms with Crippen LogP contribution in [0.4, 0.5) is 0 Å². The van der Waals surface area contributed by atoms with Gasteiger partial charge in [-0.25, -0.2) is 8.42 Å². The van der Waals surface area contributed by atoms with Crippen LogP contribution in [0, 0.1) is 6.92 Å². The van der Waals surface area contributed by atoms with Crippen LogP contribution in [0.2, 0.25) is 0 Å². The first-order chi connectivity index (χ1) is 10.5. The van der Waals surface area contributed by atoms with E-state index in [9.17, 15) is 8.42 Å². The van der Waals surface area contributed by atoms with Crippen molar-refractivity contribution in [3.63, 3.8) is 0 Å². The van der Waals surface area contributed by atoms with Crippen LogP contribution in [0.15, 0.2) is 39.4 Å². The van der Waals surface area contributed by atoms with E-state index in [1.54, 1.807) is 12.1 Å². The molecule has 1 saturated heterocycles. The Labute approximate surface area is 127 Å². The number of sulfonamides is 1. The average Bonchev–Trinajstić information content (AvgIpc) is 2.90. The first-order valence-corrected chi connectivity index (χ1v) is 8.06.